The molecule has 0 bridgehead atoms. The van der Waals surface area contributed by atoms with E-state index < -0.39 is 19.7 Å². The van der Waals surface area contributed by atoms with Crippen LogP contribution in [0.2, 0.25) is 18.6 Å². The molecule has 1 radical (unpaired) electrons. The zero-order chi connectivity index (χ0) is 34.4. The molecule has 0 saturated carbocycles. The van der Waals surface area contributed by atoms with Gasteiger partial charge in [-0.3, -0.25) is 0 Å². The predicted molar refractivity (Wildman–Crippen MR) is 189 cm³/mol. The van der Waals surface area contributed by atoms with Crippen LogP contribution in [0.15, 0.2) is 66.6 Å². The third kappa shape index (κ3) is 9.42. The number of benzene rings is 3. The van der Waals surface area contributed by atoms with Crippen LogP contribution in [0, 0.1) is 31.2 Å². The number of aryl methyl sites for hydroxylation is 2. The first-order valence-corrected chi connectivity index (χ1v) is 19.2. The van der Waals surface area contributed by atoms with Gasteiger partial charge in [-0.05, 0) is 58.1 Å². The van der Waals surface area contributed by atoms with Crippen molar-refractivity contribution in [1.29, 1.82) is 0 Å². The number of nitrogens with zero attached hydrogens (tertiary/aromatic N) is 1. The quantitative estimate of drug-likeness (QED) is 0.0569. The molecule has 3 nitrogen and oxygen atoms in total. The van der Waals surface area contributed by atoms with Gasteiger partial charge in [0.2, 0.25) is 0 Å². The van der Waals surface area contributed by atoms with E-state index in [4.69, 9.17) is 0 Å². The molecule has 1 aromatic heterocycles. The summed E-state index contributed by atoms with van der Waals surface area (Å²) in [5.41, 5.74) is 2.84. The largest absolute Gasteiger partial charge is 0.512 e. The van der Waals surface area contributed by atoms with Crippen molar-refractivity contribution in [2.75, 3.05) is 0 Å². The third-order valence-electron chi connectivity index (χ3n) is 9.53. The van der Waals surface area contributed by atoms with E-state index in [-0.39, 0.29) is 43.6 Å². The van der Waals surface area contributed by atoms with Gasteiger partial charge in [0.15, 0.2) is 0 Å². The van der Waals surface area contributed by atoms with Crippen LogP contribution in [0.4, 0.5) is 13.2 Å². The Morgan fingerprint density at radius 2 is 1.53 bits per heavy atom. The van der Waals surface area contributed by atoms with E-state index in [0.29, 0.717) is 5.56 Å². The zero-order valence-electron chi connectivity index (χ0n) is 29.2. The van der Waals surface area contributed by atoms with Gasteiger partial charge in [0.05, 0.1) is 11.2 Å². The molecule has 47 heavy (non-hydrogen) atoms. The van der Waals surface area contributed by atoms with Gasteiger partial charge in [-0.25, -0.2) is 0 Å². The molecule has 257 valence electrons. The predicted octanol–water partition coefficient (Wildman–Crippen LogP) is 11.7. The number of hydrogen-bond acceptors (Lipinski definition) is 3. The summed E-state index contributed by atoms with van der Waals surface area (Å²) < 4.78 is 40.4. The third-order valence-corrected chi connectivity index (χ3v) is 14.0. The van der Waals surface area contributed by atoms with Crippen LogP contribution in [0.1, 0.15) is 71.1 Å². The number of fused-ring (bicyclic) bond motifs is 3. The molecular weight excluding hydrogens is 792 g/mol. The van der Waals surface area contributed by atoms with Crippen LogP contribution in [0.3, 0.4) is 0 Å². The van der Waals surface area contributed by atoms with E-state index in [1.807, 2.05) is 58.0 Å². The van der Waals surface area contributed by atoms with Gasteiger partial charge in [-0.1, -0.05) is 104 Å². The molecule has 0 aliphatic carbocycles. The summed E-state index contributed by atoms with van der Waals surface area (Å²) in [7, 11) is -1.81. The van der Waals surface area contributed by atoms with E-state index in [1.165, 1.54) is 19.9 Å². The van der Waals surface area contributed by atoms with Crippen molar-refractivity contribution in [3.8, 4) is 11.3 Å². The van der Waals surface area contributed by atoms with Crippen molar-refractivity contribution in [2.24, 2.45) is 11.3 Å². The summed E-state index contributed by atoms with van der Waals surface area (Å²) in [6.45, 7) is 16.9. The van der Waals surface area contributed by atoms with Crippen LogP contribution < -0.4 is 0 Å². The normalized spacial score (nSPS) is 12.6. The summed E-state index contributed by atoms with van der Waals surface area (Å²) in [4.78, 5) is 16.7. The number of carbonyl (C=O) groups is 1. The molecule has 0 saturated heterocycles. The first-order chi connectivity index (χ1) is 21.5. The molecule has 1 N–H and O–H groups in total. The molecule has 1 heterocycles. The van der Waals surface area contributed by atoms with Crippen LogP contribution in [0.25, 0.3) is 32.8 Å². The molecule has 0 aliphatic rings. The number of rotatable bonds is 10. The molecule has 0 fully saturated rings. The number of aliphatic hydroxyl groups excluding tert-OH is 1. The molecule has 0 unspecified atom stereocenters. The summed E-state index contributed by atoms with van der Waals surface area (Å²) >= 11 is 0. The number of allylic oxidation sites excluding steroid dienone is 2. The Hall–Kier alpha value is -2.80. The second kappa shape index (κ2) is 16.5. The number of halogens is 3. The van der Waals surface area contributed by atoms with Gasteiger partial charge in [0.25, 0.3) is 0 Å². The van der Waals surface area contributed by atoms with E-state index >= 15 is 0 Å². The van der Waals surface area contributed by atoms with Crippen molar-refractivity contribution < 1.29 is 43.2 Å². The van der Waals surface area contributed by atoms with Gasteiger partial charge in [-0.15, -0.1) is 34.9 Å². The molecule has 0 aliphatic heterocycles. The molecule has 8 heteroatoms. The van der Waals surface area contributed by atoms with Gasteiger partial charge in [0.1, 0.15) is 13.5 Å². The monoisotopic (exact) mass is 841 g/mol. The Morgan fingerprint density at radius 3 is 2.09 bits per heavy atom. The maximum absolute atomic E-state index is 13.5. The maximum Gasteiger partial charge on any atom is 0.394 e. The van der Waals surface area contributed by atoms with E-state index in [9.17, 15) is 23.1 Å². The first-order valence-electron chi connectivity index (χ1n) is 16.3. The summed E-state index contributed by atoms with van der Waals surface area (Å²) in [5, 5.41) is 13.8. The molecule has 0 atom stereocenters. The molecule has 4 rings (SSSR count). The molecule has 4 aromatic rings. The van der Waals surface area contributed by atoms with Crippen LogP contribution in [-0.4, -0.2) is 29.7 Å². The van der Waals surface area contributed by atoms with E-state index in [2.05, 4.69) is 43.6 Å². The molecular formula is C39H49F3IrNO2Si-. The molecule has 0 amide bonds. The SMILES string of the molecule is CCC(CC)/C(O)=C/C(=O)[Si](C)(CC)CC.Cc1[c-]c(-c2nccc3c2ccc2c(CC(C)(C)C(F)(F)F)cccc23)cc(C)c1.[Ir]. The number of alkyl halides is 3. The fourth-order valence-electron chi connectivity index (χ4n) is 5.79. The molecule has 3 aromatic carbocycles. The second-order valence-electron chi connectivity index (χ2n) is 13.4. The Balaban J connectivity index is 0.000000388. The summed E-state index contributed by atoms with van der Waals surface area (Å²) in [6.07, 6.45) is 0.723. The topological polar surface area (TPSA) is 50.2 Å². The van der Waals surface area contributed by atoms with Crippen LogP contribution in [0.5, 0.6) is 0 Å². The molecule has 0 spiro atoms. The Kier molecular flexibility index (Phi) is 14.2. The standard InChI is InChI=1S/C26H23F3N.C13H26O2Si.Ir/c1-16-12-17(2)14-19(13-16)24-23-9-8-20-18(15-25(3,4)26(27,28)29)6-5-7-21(20)22(23)10-11-30-24;1-6-11(7-2)12(14)10-13(15)16(5,8-3)9-4;/h5-13H,15H2,1-4H3;10-11,14H,6-9H2,1-5H3;/q-1;;/b;12-10-;. The van der Waals surface area contributed by atoms with Crippen molar-refractivity contribution in [1.82, 2.24) is 4.98 Å². The van der Waals surface area contributed by atoms with Crippen molar-refractivity contribution >= 4 is 35.0 Å². The first kappa shape index (κ1) is 40.4. The van der Waals surface area contributed by atoms with Gasteiger partial charge < -0.3 is 14.9 Å². The second-order valence-corrected chi connectivity index (χ2v) is 18.4. The average molecular weight is 841 g/mol. The van der Waals surface area contributed by atoms with Gasteiger partial charge >= 0.3 is 6.18 Å². The maximum atomic E-state index is 13.5. The van der Waals surface area contributed by atoms with Crippen molar-refractivity contribution in [3.63, 3.8) is 0 Å². The summed E-state index contributed by atoms with van der Waals surface area (Å²) in [5.74, 6) is 0.437. The minimum absolute atomic E-state index is 0. The average Bonchev–Trinajstić information content (AvgIpc) is 3.00. The fourth-order valence-corrected chi connectivity index (χ4v) is 7.48. The number of aliphatic hydroxyl groups is 1. The summed E-state index contributed by atoms with van der Waals surface area (Å²) in [6, 6.07) is 20.8. The van der Waals surface area contributed by atoms with Gasteiger partial charge in [-0.2, -0.15) is 13.2 Å². The Morgan fingerprint density at radius 1 is 0.936 bits per heavy atom. The minimum Gasteiger partial charge on any atom is -0.512 e. The zero-order valence-corrected chi connectivity index (χ0v) is 32.6. The number of hydrogen-bond donors (Lipinski definition) is 1. The van der Waals surface area contributed by atoms with Gasteiger partial charge in [0, 0.05) is 38.3 Å². The number of aromatic nitrogens is 1. The van der Waals surface area contributed by atoms with Crippen LogP contribution in [-0.2, 0) is 31.3 Å². The Bertz CT molecular complexity index is 1690. The van der Waals surface area contributed by atoms with Crippen molar-refractivity contribution in [2.45, 2.75) is 99.5 Å². The van der Waals surface area contributed by atoms with Crippen molar-refractivity contribution in [3.05, 3.63) is 89.3 Å². The van der Waals surface area contributed by atoms with E-state index in [1.54, 1.807) is 12.3 Å². The minimum atomic E-state index is -4.26. The van der Waals surface area contributed by atoms with E-state index in [0.717, 1.165) is 68.9 Å². The smallest absolute Gasteiger partial charge is 0.394 e. The Labute approximate surface area is 293 Å². The number of carbonyl (C=O) groups excluding carboxylic acids is 1. The van der Waals surface area contributed by atoms with Crippen LogP contribution >= 0.6 is 0 Å². The number of pyridine rings is 1. The fraction of sp³-hybridized carbons (Fsp3) is 0.436.